The molecule has 0 heterocycles. The van der Waals surface area contributed by atoms with E-state index >= 15 is 0 Å². The van der Waals surface area contributed by atoms with Gasteiger partial charge in [0.05, 0.1) is 0 Å². The molecule has 0 amide bonds. The smallest absolute Gasteiger partial charge is 0.162 e. The highest BCUT2D eigenvalue weighted by Crippen LogP contribution is 2.12. The van der Waals surface area contributed by atoms with Crippen molar-refractivity contribution in [3.63, 3.8) is 0 Å². The Kier molecular flexibility index (Phi) is 14.4. The van der Waals surface area contributed by atoms with Crippen LogP contribution < -0.4 is 0 Å². The Morgan fingerprint density at radius 3 is 1.89 bits per heavy atom. The fourth-order valence-corrected chi connectivity index (χ4v) is 2.48. The summed E-state index contributed by atoms with van der Waals surface area (Å²) in [5.74, 6) is 0.486. The second-order valence-electron chi connectivity index (χ2n) is 5.43. The van der Waals surface area contributed by atoms with Crippen LogP contribution in [-0.4, -0.2) is 22.7 Å². The summed E-state index contributed by atoms with van der Waals surface area (Å²) >= 11 is 4.00. The van der Waals surface area contributed by atoms with Gasteiger partial charge in [0.1, 0.15) is 6.10 Å². The Bertz CT molecular complexity index is 207. The second kappa shape index (κ2) is 14.4. The third kappa shape index (κ3) is 12.7. The van der Waals surface area contributed by atoms with Crippen LogP contribution in [0.4, 0.5) is 0 Å². The minimum absolute atomic E-state index is 0.0501. The molecular weight excluding hydrogens is 256 g/mol. The molecule has 0 rings (SSSR count). The van der Waals surface area contributed by atoms with Crippen molar-refractivity contribution < 1.29 is 9.90 Å². The van der Waals surface area contributed by atoms with Crippen LogP contribution in [-0.2, 0) is 4.79 Å². The molecular formula is C16H32O2S. The molecule has 0 aromatic rings. The molecule has 0 bridgehead atoms. The molecule has 2 nitrogen and oxygen atoms in total. The summed E-state index contributed by atoms with van der Waals surface area (Å²) in [4.78, 5) is 11.3. The van der Waals surface area contributed by atoms with E-state index in [0.717, 1.165) is 12.8 Å². The number of carbonyl (C=O) groups is 1. The zero-order valence-electron chi connectivity index (χ0n) is 12.6. The maximum absolute atomic E-state index is 11.3. The van der Waals surface area contributed by atoms with Gasteiger partial charge in [0.25, 0.3) is 0 Å². The number of carbonyl (C=O) groups excluding carboxylic acids is 1. The Morgan fingerprint density at radius 1 is 0.947 bits per heavy atom. The summed E-state index contributed by atoms with van der Waals surface area (Å²) in [6.45, 7) is 2.25. The maximum atomic E-state index is 11.3. The number of ketones is 1. The fourth-order valence-electron chi connectivity index (χ4n) is 2.26. The van der Waals surface area contributed by atoms with E-state index in [1.54, 1.807) is 0 Å². The molecule has 0 saturated heterocycles. The van der Waals surface area contributed by atoms with Crippen LogP contribution in [0.1, 0.15) is 84.0 Å². The van der Waals surface area contributed by atoms with Crippen LogP contribution in [0.15, 0.2) is 0 Å². The first-order chi connectivity index (χ1) is 9.22. The van der Waals surface area contributed by atoms with Gasteiger partial charge in [-0.15, -0.1) is 0 Å². The van der Waals surface area contributed by atoms with Crippen molar-refractivity contribution in [2.24, 2.45) is 0 Å². The molecule has 0 aromatic carbocycles. The summed E-state index contributed by atoms with van der Waals surface area (Å²) in [6, 6.07) is 0. The van der Waals surface area contributed by atoms with Gasteiger partial charge in [-0.1, -0.05) is 71.1 Å². The maximum Gasteiger partial charge on any atom is 0.162 e. The minimum atomic E-state index is -0.749. The predicted molar refractivity (Wildman–Crippen MR) is 85.9 cm³/mol. The van der Waals surface area contributed by atoms with Gasteiger partial charge in [-0.25, -0.2) is 0 Å². The lowest BCUT2D eigenvalue weighted by molar-refractivity contribution is -0.127. The number of unbranched alkanes of at least 4 members (excludes halogenated alkanes) is 9. The Morgan fingerprint density at radius 2 is 1.42 bits per heavy atom. The van der Waals surface area contributed by atoms with Gasteiger partial charge in [0.15, 0.2) is 5.78 Å². The zero-order valence-corrected chi connectivity index (χ0v) is 13.5. The fraction of sp³-hybridized carbons (Fsp3) is 0.938. The third-order valence-corrected chi connectivity index (χ3v) is 3.78. The molecule has 0 aromatic heterocycles. The van der Waals surface area contributed by atoms with Crippen LogP contribution in [0, 0.1) is 0 Å². The van der Waals surface area contributed by atoms with Crippen molar-refractivity contribution >= 4 is 18.4 Å². The number of hydrogen-bond donors (Lipinski definition) is 2. The molecule has 0 aliphatic heterocycles. The molecule has 19 heavy (non-hydrogen) atoms. The highest BCUT2D eigenvalue weighted by atomic mass is 32.1. The van der Waals surface area contributed by atoms with E-state index in [1.165, 1.54) is 51.4 Å². The van der Waals surface area contributed by atoms with Crippen LogP contribution in [0.25, 0.3) is 0 Å². The van der Waals surface area contributed by atoms with Crippen LogP contribution in [0.2, 0.25) is 0 Å². The number of hydrogen-bond acceptors (Lipinski definition) is 3. The minimum Gasteiger partial charge on any atom is -0.385 e. The summed E-state index contributed by atoms with van der Waals surface area (Å²) in [7, 11) is 0. The molecule has 0 spiro atoms. The summed E-state index contributed by atoms with van der Waals surface area (Å²) in [5.41, 5.74) is 0. The van der Waals surface area contributed by atoms with Crippen molar-refractivity contribution in [3.8, 4) is 0 Å². The number of aliphatic hydroxyl groups is 1. The predicted octanol–water partition coefficient (Wildman–Crippen LogP) is 4.55. The van der Waals surface area contributed by atoms with Gasteiger partial charge < -0.3 is 5.11 Å². The van der Waals surface area contributed by atoms with E-state index in [2.05, 4.69) is 19.6 Å². The van der Waals surface area contributed by atoms with Gasteiger partial charge in [0, 0.05) is 6.42 Å². The average Bonchev–Trinajstić information content (AvgIpc) is 2.41. The normalized spacial score (nSPS) is 12.6. The largest absolute Gasteiger partial charge is 0.385 e. The molecule has 1 unspecified atom stereocenters. The van der Waals surface area contributed by atoms with Crippen molar-refractivity contribution in [1.29, 1.82) is 0 Å². The number of aliphatic hydroxyl groups excluding tert-OH is 1. The highest BCUT2D eigenvalue weighted by Gasteiger charge is 2.12. The number of Topliss-reactive ketones (excluding diaryl/α,β-unsaturated/α-hetero) is 1. The van der Waals surface area contributed by atoms with Crippen molar-refractivity contribution in [1.82, 2.24) is 0 Å². The Hall–Kier alpha value is -0.0200. The SMILES string of the molecule is CCCCCCCCCCCCC(O)C(=O)CCS. The molecule has 3 heteroatoms. The highest BCUT2D eigenvalue weighted by molar-refractivity contribution is 7.80. The summed E-state index contributed by atoms with van der Waals surface area (Å²) < 4.78 is 0. The Balaban J connectivity index is 3.20. The van der Waals surface area contributed by atoms with Crippen LogP contribution in [0.3, 0.4) is 0 Å². The van der Waals surface area contributed by atoms with Gasteiger partial charge >= 0.3 is 0 Å². The quantitative estimate of drug-likeness (QED) is 0.363. The third-order valence-electron chi connectivity index (χ3n) is 3.56. The number of rotatable bonds is 14. The molecule has 114 valence electrons. The lowest BCUT2D eigenvalue weighted by atomic mass is 10.0. The monoisotopic (exact) mass is 288 g/mol. The summed E-state index contributed by atoms with van der Waals surface area (Å²) in [6.07, 6.45) is 13.1. The van der Waals surface area contributed by atoms with Crippen LogP contribution >= 0.6 is 12.6 Å². The molecule has 0 saturated carbocycles. The first-order valence-corrected chi connectivity index (χ1v) is 8.67. The van der Waals surface area contributed by atoms with Crippen molar-refractivity contribution in [2.45, 2.75) is 90.1 Å². The molecule has 1 N–H and O–H groups in total. The first-order valence-electron chi connectivity index (χ1n) is 8.04. The van der Waals surface area contributed by atoms with E-state index < -0.39 is 6.10 Å². The van der Waals surface area contributed by atoms with Gasteiger partial charge in [-0.3, -0.25) is 4.79 Å². The summed E-state index contributed by atoms with van der Waals surface area (Å²) in [5, 5.41) is 9.59. The van der Waals surface area contributed by atoms with E-state index in [1.807, 2.05) is 0 Å². The molecule has 1 atom stereocenters. The Labute approximate surface area is 124 Å². The first kappa shape index (κ1) is 19.0. The molecule has 0 fully saturated rings. The van der Waals surface area contributed by atoms with E-state index in [0.29, 0.717) is 18.6 Å². The average molecular weight is 288 g/mol. The van der Waals surface area contributed by atoms with Crippen molar-refractivity contribution in [3.05, 3.63) is 0 Å². The van der Waals surface area contributed by atoms with Gasteiger partial charge in [0.2, 0.25) is 0 Å². The molecule has 0 radical (unpaired) electrons. The van der Waals surface area contributed by atoms with E-state index in [9.17, 15) is 9.90 Å². The standard InChI is InChI=1S/C16H32O2S/c1-2-3-4-5-6-7-8-9-10-11-12-15(17)16(18)13-14-19/h15,17,19H,2-14H2,1H3. The van der Waals surface area contributed by atoms with Gasteiger partial charge in [-0.05, 0) is 12.2 Å². The second-order valence-corrected chi connectivity index (χ2v) is 5.87. The zero-order chi connectivity index (χ0) is 14.3. The topological polar surface area (TPSA) is 37.3 Å². The lowest BCUT2D eigenvalue weighted by Crippen LogP contribution is -2.20. The van der Waals surface area contributed by atoms with Crippen LogP contribution in [0.5, 0.6) is 0 Å². The molecule has 0 aliphatic carbocycles. The van der Waals surface area contributed by atoms with E-state index in [4.69, 9.17) is 0 Å². The number of thiol groups is 1. The van der Waals surface area contributed by atoms with Gasteiger partial charge in [-0.2, -0.15) is 12.6 Å². The van der Waals surface area contributed by atoms with Crippen molar-refractivity contribution in [2.75, 3.05) is 5.75 Å². The molecule has 0 aliphatic rings. The lowest BCUT2D eigenvalue weighted by Gasteiger charge is -2.08. The van der Waals surface area contributed by atoms with E-state index in [-0.39, 0.29) is 5.78 Å².